The van der Waals surface area contributed by atoms with Gasteiger partial charge < -0.3 is 10.2 Å². The van der Waals surface area contributed by atoms with E-state index in [0.717, 1.165) is 69.4 Å². The highest BCUT2D eigenvalue weighted by Gasteiger charge is 2.22. The number of nitrogens with zero attached hydrogens (tertiary/aromatic N) is 4. The minimum absolute atomic E-state index is 0.469. The molecule has 3 heterocycles. The zero-order valence-electron chi connectivity index (χ0n) is 18.3. The summed E-state index contributed by atoms with van der Waals surface area (Å²) in [6.07, 6.45) is 3.33. The molecule has 1 saturated heterocycles. The fourth-order valence-electron chi connectivity index (χ4n) is 4.72. The zero-order valence-corrected chi connectivity index (χ0v) is 18.3. The molecule has 0 atom stereocenters. The van der Waals surface area contributed by atoms with Crippen LogP contribution >= 0.6 is 0 Å². The van der Waals surface area contributed by atoms with Crippen LogP contribution in [0.2, 0.25) is 0 Å². The lowest BCUT2D eigenvalue weighted by atomic mass is 10.0. The molecule has 31 heavy (non-hydrogen) atoms. The molecule has 160 valence electrons. The molecule has 0 unspecified atom stereocenters. The maximum Gasteiger partial charge on any atom is 0.227 e. The van der Waals surface area contributed by atoms with Gasteiger partial charge >= 0.3 is 0 Å². The van der Waals surface area contributed by atoms with Crippen LogP contribution in [0.15, 0.2) is 60.7 Å². The summed E-state index contributed by atoms with van der Waals surface area (Å²) in [4.78, 5) is 14.5. The summed E-state index contributed by atoms with van der Waals surface area (Å²) in [7, 11) is 0. The zero-order chi connectivity index (χ0) is 21.0. The van der Waals surface area contributed by atoms with Crippen molar-refractivity contribution in [2.45, 2.75) is 45.3 Å². The Morgan fingerprint density at radius 3 is 2.45 bits per heavy atom. The number of anilines is 2. The minimum atomic E-state index is 0.469. The highest BCUT2D eigenvalue weighted by molar-refractivity contribution is 5.46. The number of likely N-dealkylation sites (tertiary alicyclic amines) is 1. The number of hydrogen-bond donors (Lipinski definition) is 1. The Morgan fingerprint density at radius 1 is 0.903 bits per heavy atom. The minimum Gasteiger partial charge on any atom is -0.367 e. The molecule has 5 nitrogen and oxygen atoms in total. The monoisotopic (exact) mass is 413 g/mol. The van der Waals surface area contributed by atoms with E-state index in [4.69, 9.17) is 9.97 Å². The number of benzene rings is 2. The lowest BCUT2D eigenvalue weighted by Gasteiger charge is -2.33. The Labute approximate surface area is 185 Å². The number of piperidine rings is 1. The summed E-state index contributed by atoms with van der Waals surface area (Å²) in [5.74, 6) is 1.81. The fourth-order valence-corrected chi connectivity index (χ4v) is 4.72. The van der Waals surface area contributed by atoms with Crippen LogP contribution in [-0.4, -0.2) is 40.5 Å². The van der Waals surface area contributed by atoms with Gasteiger partial charge in [-0.2, -0.15) is 4.98 Å². The third-order valence-electron chi connectivity index (χ3n) is 6.44. The summed E-state index contributed by atoms with van der Waals surface area (Å²) < 4.78 is 0. The van der Waals surface area contributed by atoms with Crippen molar-refractivity contribution in [1.29, 1.82) is 0 Å². The Morgan fingerprint density at radius 2 is 1.65 bits per heavy atom. The first-order chi connectivity index (χ1) is 15.2. The predicted molar refractivity (Wildman–Crippen MR) is 126 cm³/mol. The van der Waals surface area contributed by atoms with E-state index in [1.807, 2.05) is 0 Å². The molecule has 2 aliphatic heterocycles. The van der Waals surface area contributed by atoms with Gasteiger partial charge in [0.25, 0.3) is 0 Å². The lowest BCUT2D eigenvalue weighted by molar-refractivity contribution is 0.211. The summed E-state index contributed by atoms with van der Waals surface area (Å²) in [5, 5.41) is 3.70. The van der Waals surface area contributed by atoms with E-state index in [-0.39, 0.29) is 0 Å². The SMILES string of the molecule is Cc1cc(NC2CCN(Cc3ccccc3)CC2)nc(N2CCc3ccccc3C2)n1. The van der Waals surface area contributed by atoms with Gasteiger partial charge in [0, 0.05) is 50.5 Å². The normalized spacial score (nSPS) is 17.4. The van der Waals surface area contributed by atoms with Gasteiger partial charge in [-0.3, -0.25) is 4.90 Å². The van der Waals surface area contributed by atoms with E-state index in [0.29, 0.717) is 6.04 Å². The first-order valence-corrected chi connectivity index (χ1v) is 11.4. The molecule has 5 heteroatoms. The topological polar surface area (TPSA) is 44.3 Å². The Hall–Kier alpha value is -2.92. The molecule has 5 rings (SSSR count). The molecule has 0 spiro atoms. The molecule has 0 aliphatic carbocycles. The molecule has 1 aromatic heterocycles. The molecule has 3 aromatic rings. The van der Waals surface area contributed by atoms with Crippen LogP contribution in [0.1, 0.15) is 35.2 Å². The average Bonchev–Trinajstić information content (AvgIpc) is 2.80. The standard InChI is InChI=1S/C26H31N5/c1-20-17-25(28-24-12-14-30(15-13-24)18-21-7-3-2-4-8-21)29-26(27-20)31-16-11-22-9-5-6-10-23(22)19-31/h2-10,17,24H,11-16,18-19H2,1H3,(H,27,28,29). The van der Waals surface area contributed by atoms with Gasteiger partial charge in [-0.05, 0) is 42.9 Å². The van der Waals surface area contributed by atoms with Crippen LogP contribution in [0.5, 0.6) is 0 Å². The van der Waals surface area contributed by atoms with E-state index < -0.39 is 0 Å². The molecular weight excluding hydrogens is 382 g/mol. The van der Waals surface area contributed by atoms with Gasteiger partial charge in [0.2, 0.25) is 5.95 Å². The molecule has 1 fully saturated rings. The van der Waals surface area contributed by atoms with Gasteiger partial charge in [-0.25, -0.2) is 4.98 Å². The van der Waals surface area contributed by atoms with Crippen LogP contribution in [0.25, 0.3) is 0 Å². The third kappa shape index (κ3) is 4.88. The number of aryl methyl sites for hydroxylation is 1. The maximum absolute atomic E-state index is 4.90. The second-order valence-electron chi connectivity index (χ2n) is 8.82. The fraction of sp³-hybridized carbons (Fsp3) is 0.385. The van der Waals surface area contributed by atoms with Crippen molar-refractivity contribution in [1.82, 2.24) is 14.9 Å². The molecule has 2 aromatic carbocycles. The van der Waals surface area contributed by atoms with Gasteiger partial charge in [0.15, 0.2) is 0 Å². The van der Waals surface area contributed by atoms with Crippen molar-refractivity contribution in [3.8, 4) is 0 Å². The van der Waals surface area contributed by atoms with E-state index in [1.54, 1.807) is 0 Å². The number of nitrogens with one attached hydrogen (secondary N) is 1. The second kappa shape index (κ2) is 9.06. The van der Waals surface area contributed by atoms with Crippen molar-refractivity contribution in [3.05, 3.63) is 83.0 Å². The average molecular weight is 414 g/mol. The quantitative estimate of drug-likeness (QED) is 0.671. The number of fused-ring (bicyclic) bond motifs is 1. The second-order valence-corrected chi connectivity index (χ2v) is 8.82. The molecule has 0 amide bonds. The molecule has 2 aliphatic rings. The van der Waals surface area contributed by atoms with E-state index >= 15 is 0 Å². The lowest BCUT2D eigenvalue weighted by Crippen LogP contribution is -2.39. The van der Waals surface area contributed by atoms with Gasteiger partial charge in [-0.1, -0.05) is 54.6 Å². The first-order valence-electron chi connectivity index (χ1n) is 11.4. The van der Waals surface area contributed by atoms with Gasteiger partial charge in [-0.15, -0.1) is 0 Å². The van der Waals surface area contributed by atoms with Crippen LogP contribution in [-0.2, 0) is 19.5 Å². The van der Waals surface area contributed by atoms with Crippen LogP contribution in [0, 0.1) is 6.92 Å². The predicted octanol–water partition coefficient (Wildman–Crippen LogP) is 4.42. The largest absolute Gasteiger partial charge is 0.367 e. The van der Waals surface area contributed by atoms with Crippen LogP contribution in [0.4, 0.5) is 11.8 Å². The van der Waals surface area contributed by atoms with E-state index in [1.165, 1.54) is 16.7 Å². The molecule has 1 N–H and O–H groups in total. The summed E-state index contributed by atoms with van der Waals surface area (Å²) >= 11 is 0. The summed E-state index contributed by atoms with van der Waals surface area (Å²) in [6, 6.07) is 22.0. The first kappa shape index (κ1) is 20.0. The van der Waals surface area contributed by atoms with Gasteiger partial charge in [0.05, 0.1) is 0 Å². The van der Waals surface area contributed by atoms with E-state index in [2.05, 4.69) is 82.7 Å². The number of hydrogen-bond acceptors (Lipinski definition) is 5. The van der Waals surface area contributed by atoms with Crippen molar-refractivity contribution in [2.75, 3.05) is 29.9 Å². The highest BCUT2D eigenvalue weighted by Crippen LogP contribution is 2.24. The van der Waals surface area contributed by atoms with Crippen molar-refractivity contribution < 1.29 is 0 Å². The van der Waals surface area contributed by atoms with Crippen molar-refractivity contribution in [3.63, 3.8) is 0 Å². The Kier molecular flexibility index (Phi) is 5.85. The summed E-state index contributed by atoms with van der Waals surface area (Å²) in [6.45, 7) is 7.20. The van der Waals surface area contributed by atoms with Crippen molar-refractivity contribution >= 4 is 11.8 Å². The molecular formula is C26H31N5. The smallest absolute Gasteiger partial charge is 0.227 e. The maximum atomic E-state index is 4.90. The molecule has 0 radical (unpaired) electrons. The summed E-state index contributed by atoms with van der Waals surface area (Å²) in [5.41, 5.74) is 5.26. The van der Waals surface area contributed by atoms with Crippen LogP contribution < -0.4 is 10.2 Å². The third-order valence-corrected chi connectivity index (χ3v) is 6.44. The highest BCUT2D eigenvalue weighted by atomic mass is 15.3. The van der Waals surface area contributed by atoms with Crippen LogP contribution in [0.3, 0.4) is 0 Å². The Bertz CT molecular complexity index is 1010. The van der Waals surface area contributed by atoms with Gasteiger partial charge in [0.1, 0.15) is 5.82 Å². The molecule has 0 saturated carbocycles. The van der Waals surface area contributed by atoms with Crippen molar-refractivity contribution in [2.24, 2.45) is 0 Å². The van der Waals surface area contributed by atoms with E-state index in [9.17, 15) is 0 Å². The molecule has 0 bridgehead atoms. The number of rotatable bonds is 5. The Balaban J connectivity index is 1.20. The number of aromatic nitrogens is 2.